The zero-order valence-electron chi connectivity index (χ0n) is 18.7. The summed E-state index contributed by atoms with van der Waals surface area (Å²) in [4.78, 5) is 19.7. The number of hydrogen-bond donors (Lipinski definition) is 1. The molecule has 2 aromatic carbocycles. The number of thioether (sulfide) groups is 1. The molecule has 5 nitrogen and oxygen atoms in total. The highest BCUT2D eigenvalue weighted by atomic mass is 32.2. The Hall–Kier alpha value is -2.59. The maximum atomic E-state index is 14.5. The zero-order valence-corrected chi connectivity index (χ0v) is 19.6. The molecule has 10 heteroatoms. The first kappa shape index (κ1) is 23.2. The van der Waals surface area contributed by atoms with Gasteiger partial charge in [-0.15, -0.1) is 11.8 Å². The number of nitrogens with zero attached hydrogens (tertiary/aromatic N) is 3. The SMILES string of the molecule is CC1CN(c2nc(=O)n3c4c(c(-c5ccc(F)cc5)c(C(F)(F)F)cc24)SCCC3)CC(C)N1. The van der Waals surface area contributed by atoms with E-state index < -0.39 is 23.2 Å². The Morgan fingerprint density at radius 2 is 1.79 bits per heavy atom. The Morgan fingerprint density at radius 1 is 1.12 bits per heavy atom. The average Bonchev–Trinajstić information content (AvgIpc) is 2.99. The van der Waals surface area contributed by atoms with Gasteiger partial charge in [0.15, 0.2) is 0 Å². The summed E-state index contributed by atoms with van der Waals surface area (Å²) in [6.45, 7) is 5.43. The minimum Gasteiger partial charge on any atom is -0.353 e. The van der Waals surface area contributed by atoms with Gasteiger partial charge >= 0.3 is 11.9 Å². The minimum absolute atomic E-state index is 0.0146. The summed E-state index contributed by atoms with van der Waals surface area (Å²) in [7, 11) is 0. The minimum atomic E-state index is -4.65. The lowest BCUT2D eigenvalue weighted by molar-refractivity contribution is -0.137. The molecule has 0 spiro atoms. The molecule has 0 bridgehead atoms. The van der Waals surface area contributed by atoms with Crippen LogP contribution in [0.15, 0.2) is 40.0 Å². The highest BCUT2D eigenvalue weighted by Crippen LogP contribution is 2.48. The van der Waals surface area contributed by atoms with Crippen molar-refractivity contribution in [3.8, 4) is 11.1 Å². The van der Waals surface area contributed by atoms with Crippen molar-refractivity contribution in [1.29, 1.82) is 0 Å². The van der Waals surface area contributed by atoms with Crippen LogP contribution in [0.25, 0.3) is 22.0 Å². The van der Waals surface area contributed by atoms with Crippen molar-refractivity contribution in [1.82, 2.24) is 14.9 Å². The molecular weight excluding hydrogens is 468 g/mol. The van der Waals surface area contributed by atoms with Gasteiger partial charge in [0.05, 0.1) is 11.1 Å². The molecule has 3 aromatic rings. The first-order valence-electron chi connectivity index (χ1n) is 11.2. The molecule has 34 heavy (non-hydrogen) atoms. The monoisotopic (exact) mass is 492 g/mol. The number of rotatable bonds is 2. The summed E-state index contributed by atoms with van der Waals surface area (Å²) in [6.07, 6.45) is -4.02. The lowest BCUT2D eigenvalue weighted by Gasteiger charge is -2.37. The molecule has 0 aliphatic carbocycles. The molecule has 0 saturated carbocycles. The maximum absolute atomic E-state index is 14.5. The summed E-state index contributed by atoms with van der Waals surface area (Å²) >= 11 is 1.31. The molecule has 1 fully saturated rings. The molecule has 0 radical (unpaired) electrons. The van der Waals surface area contributed by atoms with Gasteiger partial charge in [0.1, 0.15) is 11.6 Å². The molecule has 1 saturated heterocycles. The van der Waals surface area contributed by atoms with Crippen molar-refractivity contribution in [2.45, 2.75) is 50.0 Å². The predicted molar refractivity (Wildman–Crippen MR) is 126 cm³/mol. The van der Waals surface area contributed by atoms with E-state index in [9.17, 15) is 22.4 Å². The average molecular weight is 493 g/mol. The van der Waals surface area contributed by atoms with Crippen LogP contribution >= 0.6 is 11.8 Å². The van der Waals surface area contributed by atoms with Gasteiger partial charge in [-0.05, 0) is 49.8 Å². The number of nitrogens with one attached hydrogen (secondary N) is 1. The first-order valence-corrected chi connectivity index (χ1v) is 12.2. The van der Waals surface area contributed by atoms with Gasteiger partial charge < -0.3 is 10.2 Å². The van der Waals surface area contributed by atoms with Gasteiger partial charge in [0.25, 0.3) is 0 Å². The second-order valence-electron chi connectivity index (χ2n) is 8.97. The van der Waals surface area contributed by atoms with Crippen LogP contribution in [0.5, 0.6) is 0 Å². The third-order valence-corrected chi connectivity index (χ3v) is 7.45. The molecular formula is C24H24F4N4OS. The number of halogens is 4. The van der Waals surface area contributed by atoms with E-state index in [1.807, 2.05) is 18.7 Å². The molecule has 0 amide bonds. The van der Waals surface area contributed by atoms with Crippen molar-refractivity contribution >= 4 is 28.5 Å². The van der Waals surface area contributed by atoms with Crippen molar-refractivity contribution < 1.29 is 17.6 Å². The quantitative estimate of drug-likeness (QED) is 0.516. The smallest absolute Gasteiger partial charge is 0.353 e. The van der Waals surface area contributed by atoms with Crippen LogP contribution in [-0.2, 0) is 12.7 Å². The first-order chi connectivity index (χ1) is 16.1. The van der Waals surface area contributed by atoms with E-state index in [2.05, 4.69) is 10.3 Å². The van der Waals surface area contributed by atoms with Crippen LogP contribution in [-0.4, -0.2) is 40.5 Å². The van der Waals surface area contributed by atoms with Crippen LogP contribution in [0.1, 0.15) is 25.8 Å². The summed E-state index contributed by atoms with van der Waals surface area (Å²) in [5, 5.41) is 3.72. The summed E-state index contributed by atoms with van der Waals surface area (Å²) < 4.78 is 58.5. The van der Waals surface area contributed by atoms with Gasteiger partial charge in [0.2, 0.25) is 0 Å². The molecule has 3 heterocycles. The number of alkyl halides is 3. The predicted octanol–water partition coefficient (Wildman–Crippen LogP) is 4.90. The Morgan fingerprint density at radius 3 is 2.44 bits per heavy atom. The lowest BCUT2D eigenvalue weighted by Crippen LogP contribution is -2.55. The molecule has 180 valence electrons. The molecule has 2 atom stereocenters. The number of benzene rings is 2. The fraction of sp³-hybridized carbons (Fsp3) is 0.417. The van der Waals surface area contributed by atoms with Crippen molar-refractivity contribution in [2.24, 2.45) is 0 Å². The number of aromatic nitrogens is 2. The van der Waals surface area contributed by atoms with E-state index in [1.54, 1.807) is 0 Å². The van der Waals surface area contributed by atoms with Gasteiger partial charge in [-0.25, -0.2) is 9.18 Å². The summed E-state index contributed by atoms with van der Waals surface area (Å²) in [5.74, 6) is 0.321. The normalized spacial score (nSPS) is 21.1. The second-order valence-corrected chi connectivity index (χ2v) is 10.1. The second kappa shape index (κ2) is 8.57. The largest absolute Gasteiger partial charge is 0.417 e. The highest BCUT2D eigenvalue weighted by Gasteiger charge is 2.38. The van der Waals surface area contributed by atoms with E-state index >= 15 is 0 Å². The molecule has 2 unspecified atom stereocenters. The number of aryl methyl sites for hydroxylation is 1. The fourth-order valence-corrected chi connectivity index (χ4v) is 6.21. The molecule has 5 rings (SSSR count). The van der Waals surface area contributed by atoms with Crippen LogP contribution < -0.4 is 15.9 Å². The third-order valence-electron chi connectivity index (χ3n) is 6.27. The van der Waals surface area contributed by atoms with E-state index in [0.29, 0.717) is 47.6 Å². The van der Waals surface area contributed by atoms with Crippen LogP contribution in [0.4, 0.5) is 23.4 Å². The Bertz CT molecular complexity index is 1300. The Kier molecular flexibility index (Phi) is 5.84. The lowest BCUT2D eigenvalue weighted by atomic mass is 9.96. The van der Waals surface area contributed by atoms with E-state index in [0.717, 1.165) is 18.2 Å². The van der Waals surface area contributed by atoms with E-state index in [-0.39, 0.29) is 29.0 Å². The molecule has 2 aliphatic heterocycles. The number of anilines is 1. The maximum Gasteiger partial charge on any atom is 0.417 e. The topological polar surface area (TPSA) is 50.2 Å². The van der Waals surface area contributed by atoms with Gasteiger partial charge in [-0.3, -0.25) is 4.57 Å². The molecule has 1 N–H and O–H groups in total. The molecule has 1 aromatic heterocycles. The van der Waals surface area contributed by atoms with Crippen molar-refractivity contribution in [3.63, 3.8) is 0 Å². The fourth-order valence-electron chi connectivity index (χ4n) is 5.01. The standard InChI is InChI=1S/C24H24F4N4OS/c1-13-11-31(12-14(2)29-13)22-17-10-18(24(26,27)28)19(15-4-6-16(25)7-5-15)21-20(17)32(23(33)30-22)8-3-9-34-21/h4-7,10,13-14,29H,3,8-9,11-12H2,1-2H3. The van der Waals surface area contributed by atoms with Crippen LogP contribution in [0.2, 0.25) is 0 Å². The Balaban J connectivity index is 1.88. The third kappa shape index (κ3) is 4.07. The zero-order chi connectivity index (χ0) is 24.2. The van der Waals surface area contributed by atoms with Gasteiger partial charge in [-0.2, -0.15) is 18.2 Å². The highest BCUT2D eigenvalue weighted by molar-refractivity contribution is 7.99. The van der Waals surface area contributed by atoms with Crippen LogP contribution in [0, 0.1) is 5.82 Å². The summed E-state index contributed by atoms with van der Waals surface area (Å²) in [5.41, 5.74) is -0.542. The van der Waals surface area contributed by atoms with Crippen molar-refractivity contribution in [3.05, 3.63) is 52.2 Å². The molecule has 2 aliphatic rings. The van der Waals surface area contributed by atoms with E-state index in [4.69, 9.17) is 0 Å². The van der Waals surface area contributed by atoms with E-state index in [1.165, 1.54) is 28.5 Å². The van der Waals surface area contributed by atoms with Gasteiger partial charge in [0, 0.05) is 47.6 Å². The number of piperazine rings is 1. The number of hydrogen-bond acceptors (Lipinski definition) is 5. The Labute approximate surface area is 198 Å². The van der Waals surface area contributed by atoms with Crippen LogP contribution in [0.3, 0.4) is 0 Å². The van der Waals surface area contributed by atoms with Crippen molar-refractivity contribution in [2.75, 3.05) is 23.7 Å². The summed E-state index contributed by atoms with van der Waals surface area (Å²) in [6, 6.07) is 6.33. The van der Waals surface area contributed by atoms with Gasteiger partial charge in [-0.1, -0.05) is 12.1 Å².